The Bertz CT molecular complexity index is 666. The Morgan fingerprint density at radius 1 is 1.33 bits per heavy atom. The first-order valence-electron chi connectivity index (χ1n) is 6.24. The van der Waals surface area contributed by atoms with Crippen molar-refractivity contribution in [1.82, 2.24) is 0 Å². The summed E-state index contributed by atoms with van der Waals surface area (Å²) in [6.07, 6.45) is 0. The number of hydrogen-bond donors (Lipinski definition) is 2. The third-order valence-electron chi connectivity index (χ3n) is 2.76. The predicted octanol–water partition coefficient (Wildman–Crippen LogP) is 4.29. The van der Waals surface area contributed by atoms with Crippen LogP contribution < -0.4 is 11.1 Å². The van der Waals surface area contributed by atoms with E-state index in [1.54, 1.807) is 6.92 Å². The molecule has 0 heterocycles. The molecule has 0 saturated heterocycles. The average molecular weight is 369 g/mol. The van der Waals surface area contributed by atoms with Crippen LogP contribution in [0.4, 0.5) is 15.8 Å². The van der Waals surface area contributed by atoms with Gasteiger partial charge < -0.3 is 11.1 Å². The summed E-state index contributed by atoms with van der Waals surface area (Å²) < 4.78 is 14.5. The molecule has 2 aromatic carbocycles. The quantitative estimate of drug-likeness (QED) is 0.625. The summed E-state index contributed by atoms with van der Waals surface area (Å²) in [4.78, 5) is 13.1. The second-order valence-corrected chi connectivity index (χ2v) is 6.66. The van der Waals surface area contributed by atoms with Crippen LogP contribution in [0.1, 0.15) is 6.92 Å². The molecule has 2 aromatic rings. The third kappa shape index (κ3) is 4.22. The number of carbonyl (C=O) groups is 1. The van der Waals surface area contributed by atoms with Gasteiger partial charge in [0.1, 0.15) is 5.82 Å². The lowest BCUT2D eigenvalue weighted by atomic mass is 10.2. The molecule has 0 bridgehead atoms. The number of nitrogens with one attached hydrogen (secondary N) is 1. The van der Waals surface area contributed by atoms with Crippen molar-refractivity contribution in [1.29, 1.82) is 0 Å². The minimum absolute atomic E-state index is 0.0968. The second-order valence-electron chi connectivity index (χ2n) is 4.42. The van der Waals surface area contributed by atoms with E-state index in [4.69, 9.17) is 5.73 Å². The van der Waals surface area contributed by atoms with Gasteiger partial charge in [0.2, 0.25) is 5.91 Å². The van der Waals surface area contributed by atoms with E-state index in [1.807, 2.05) is 24.3 Å². The van der Waals surface area contributed by atoms with Gasteiger partial charge in [0.05, 0.1) is 10.9 Å². The number of nitrogens with two attached hydrogens (primary N) is 1. The first-order chi connectivity index (χ1) is 9.97. The fourth-order valence-electron chi connectivity index (χ4n) is 1.66. The van der Waals surface area contributed by atoms with Gasteiger partial charge in [-0.1, -0.05) is 12.1 Å². The number of anilines is 2. The molecule has 1 unspecified atom stereocenters. The van der Waals surface area contributed by atoms with Crippen molar-refractivity contribution in [3.63, 3.8) is 0 Å². The summed E-state index contributed by atoms with van der Waals surface area (Å²) in [7, 11) is 0. The number of halogens is 2. The van der Waals surface area contributed by atoms with Crippen molar-refractivity contribution in [2.75, 3.05) is 11.1 Å². The largest absolute Gasteiger partial charge is 0.399 e. The molecule has 3 N–H and O–H groups in total. The predicted molar refractivity (Wildman–Crippen MR) is 88.9 cm³/mol. The zero-order valence-corrected chi connectivity index (χ0v) is 13.7. The van der Waals surface area contributed by atoms with Crippen molar-refractivity contribution < 1.29 is 9.18 Å². The number of rotatable bonds is 4. The Labute approximate surface area is 135 Å². The number of carbonyl (C=O) groups excluding carboxylic acids is 1. The number of benzene rings is 2. The van der Waals surface area contributed by atoms with Crippen LogP contribution >= 0.6 is 27.7 Å². The standard InChI is InChI=1S/C15H14BrFN2OS/c1-9(21-14-5-3-2-4-11(14)16)15(20)19-13-8-10(18)6-7-12(13)17/h2-9H,18H2,1H3,(H,19,20). The van der Waals surface area contributed by atoms with Crippen molar-refractivity contribution in [3.05, 3.63) is 52.8 Å². The lowest BCUT2D eigenvalue weighted by Crippen LogP contribution is -2.23. The Balaban J connectivity index is 2.06. The maximum Gasteiger partial charge on any atom is 0.237 e. The first-order valence-corrected chi connectivity index (χ1v) is 7.91. The van der Waals surface area contributed by atoms with Gasteiger partial charge in [-0.15, -0.1) is 11.8 Å². The van der Waals surface area contributed by atoms with E-state index in [0.717, 1.165) is 9.37 Å². The minimum atomic E-state index is -0.504. The average Bonchev–Trinajstić information content (AvgIpc) is 2.45. The van der Waals surface area contributed by atoms with Crippen LogP contribution in [0.15, 0.2) is 51.8 Å². The van der Waals surface area contributed by atoms with E-state index in [0.29, 0.717) is 5.69 Å². The summed E-state index contributed by atoms with van der Waals surface area (Å²) in [6, 6.07) is 11.7. The van der Waals surface area contributed by atoms with Gasteiger partial charge >= 0.3 is 0 Å². The number of amides is 1. The van der Waals surface area contributed by atoms with Crippen molar-refractivity contribution in [3.8, 4) is 0 Å². The van der Waals surface area contributed by atoms with Crippen LogP contribution in [0.5, 0.6) is 0 Å². The van der Waals surface area contributed by atoms with Crippen molar-refractivity contribution >= 4 is 45.0 Å². The van der Waals surface area contributed by atoms with E-state index in [1.165, 1.54) is 30.0 Å². The number of hydrogen-bond acceptors (Lipinski definition) is 3. The molecule has 3 nitrogen and oxygen atoms in total. The fraction of sp³-hybridized carbons (Fsp3) is 0.133. The molecule has 0 saturated carbocycles. The summed E-state index contributed by atoms with van der Waals surface area (Å²) in [5, 5.41) is 2.19. The maximum atomic E-state index is 13.6. The smallest absolute Gasteiger partial charge is 0.237 e. The van der Waals surface area contributed by atoms with E-state index in [2.05, 4.69) is 21.2 Å². The van der Waals surface area contributed by atoms with Gasteiger partial charge in [-0.25, -0.2) is 4.39 Å². The van der Waals surface area contributed by atoms with E-state index < -0.39 is 5.82 Å². The van der Waals surface area contributed by atoms with E-state index in [-0.39, 0.29) is 16.8 Å². The van der Waals surface area contributed by atoms with Crippen LogP contribution in [0.2, 0.25) is 0 Å². The Kier molecular flexibility index (Phi) is 5.25. The molecule has 0 aliphatic heterocycles. The molecule has 2 rings (SSSR count). The lowest BCUT2D eigenvalue weighted by molar-refractivity contribution is -0.115. The highest BCUT2D eigenvalue weighted by Crippen LogP contribution is 2.31. The van der Waals surface area contributed by atoms with Gasteiger partial charge in [-0.05, 0) is 53.2 Å². The molecule has 0 fully saturated rings. The zero-order valence-electron chi connectivity index (χ0n) is 11.3. The molecular weight excluding hydrogens is 355 g/mol. The Morgan fingerprint density at radius 3 is 2.76 bits per heavy atom. The van der Waals surface area contributed by atoms with Gasteiger partial charge in [0, 0.05) is 15.1 Å². The van der Waals surface area contributed by atoms with Gasteiger partial charge in [0.15, 0.2) is 0 Å². The van der Waals surface area contributed by atoms with Crippen molar-refractivity contribution in [2.24, 2.45) is 0 Å². The molecule has 0 aliphatic rings. The minimum Gasteiger partial charge on any atom is -0.399 e. The van der Waals surface area contributed by atoms with Crippen LogP contribution in [0.3, 0.4) is 0 Å². The summed E-state index contributed by atoms with van der Waals surface area (Å²) >= 11 is 4.83. The second kappa shape index (κ2) is 6.95. The van der Waals surface area contributed by atoms with Crippen LogP contribution in [-0.4, -0.2) is 11.2 Å². The van der Waals surface area contributed by atoms with Crippen LogP contribution in [0.25, 0.3) is 0 Å². The monoisotopic (exact) mass is 368 g/mol. The molecule has 0 aliphatic carbocycles. The molecule has 0 aromatic heterocycles. The highest BCUT2D eigenvalue weighted by molar-refractivity contribution is 9.10. The van der Waals surface area contributed by atoms with Gasteiger partial charge in [-0.3, -0.25) is 4.79 Å². The van der Waals surface area contributed by atoms with E-state index in [9.17, 15) is 9.18 Å². The summed E-state index contributed by atoms with van der Waals surface area (Å²) in [5.41, 5.74) is 6.09. The Hall–Kier alpha value is -1.53. The van der Waals surface area contributed by atoms with Gasteiger partial charge in [0.25, 0.3) is 0 Å². The first kappa shape index (κ1) is 15.9. The molecule has 0 radical (unpaired) electrons. The highest BCUT2D eigenvalue weighted by Gasteiger charge is 2.17. The molecule has 1 amide bonds. The zero-order chi connectivity index (χ0) is 15.4. The summed E-state index contributed by atoms with van der Waals surface area (Å²) in [6.45, 7) is 1.77. The molecule has 6 heteroatoms. The van der Waals surface area contributed by atoms with Gasteiger partial charge in [-0.2, -0.15) is 0 Å². The van der Waals surface area contributed by atoms with Crippen LogP contribution in [0, 0.1) is 5.82 Å². The normalized spacial score (nSPS) is 12.0. The molecule has 21 heavy (non-hydrogen) atoms. The lowest BCUT2D eigenvalue weighted by Gasteiger charge is -2.13. The molecule has 110 valence electrons. The van der Waals surface area contributed by atoms with Crippen molar-refractivity contribution in [2.45, 2.75) is 17.1 Å². The highest BCUT2D eigenvalue weighted by atomic mass is 79.9. The number of nitrogen functional groups attached to an aromatic ring is 1. The van der Waals surface area contributed by atoms with E-state index >= 15 is 0 Å². The Morgan fingerprint density at radius 2 is 2.05 bits per heavy atom. The number of thioether (sulfide) groups is 1. The molecule has 1 atom stereocenters. The fourth-order valence-corrected chi connectivity index (χ4v) is 3.11. The maximum absolute atomic E-state index is 13.6. The molecular formula is C15H14BrFN2OS. The topological polar surface area (TPSA) is 55.1 Å². The summed E-state index contributed by atoms with van der Waals surface area (Å²) in [5.74, 6) is -0.782. The molecule has 0 spiro atoms. The SMILES string of the molecule is CC(Sc1ccccc1Br)C(=O)Nc1cc(N)ccc1F. The third-order valence-corrected chi connectivity index (χ3v) is 4.89. The van der Waals surface area contributed by atoms with Crippen LogP contribution in [-0.2, 0) is 4.79 Å².